The fraction of sp³-hybridized carbons (Fsp3) is 0.800. The van der Waals surface area contributed by atoms with Crippen molar-refractivity contribution in [1.82, 2.24) is 10.3 Å². The predicted octanol–water partition coefficient (Wildman–Crippen LogP) is 3.48. The molecule has 1 unspecified atom stereocenters. The number of thiazole rings is 1. The minimum Gasteiger partial charge on any atom is -0.383 e. The molecule has 4 heteroatoms. The van der Waals surface area contributed by atoms with Crippen LogP contribution in [0.1, 0.15) is 54.2 Å². The van der Waals surface area contributed by atoms with Gasteiger partial charge >= 0.3 is 0 Å². The lowest BCUT2D eigenvalue weighted by atomic mass is 9.98. The highest BCUT2D eigenvalue weighted by Gasteiger charge is 2.28. The molecule has 2 rings (SSSR count). The van der Waals surface area contributed by atoms with Crippen LogP contribution in [-0.4, -0.2) is 25.2 Å². The number of ether oxygens (including phenoxy) is 1. The molecule has 1 heterocycles. The SMILES string of the molecule is CCc1nc(C(NCCOC)C2CCCC2)sc1C. The summed E-state index contributed by atoms with van der Waals surface area (Å²) in [5, 5.41) is 4.96. The minimum absolute atomic E-state index is 0.432. The molecule has 0 bridgehead atoms. The van der Waals surface area contributed by atoms with E-state index in [9.17, 15) is 0 Å². The molecule has 1 aliphatic rings. The third kappa shape index (κ3) is 3.77. The first kappa shape index (κ1) is 14.9. The number of methoxy groups -OCH3 is 1. The molecule has 0 aliphatic heterocycles. The zero-order chi connectivity index (χ0) is 13.7. The van der Waals surface area contributed by atoms with Gasteiger partial charge in [-0.2, -0.15) is 0 Å². The molecule has 0 aromatic carbocycles. The summed E-state index contributed by atoms with van der Waals surface area (Å²) in [7, 11) is 1.76. The third-order valence-corrected chi connectivity index (χ3v) is 5.15. The van der Waals surface area contributed by atoms with Crippen molar-refractivity contribution in [3.63, 3.8) is 0 Å². The van der Waals surface area contributed by atoms with Crippen molar-refractivity contribution >= 4 is 11.3 Å². The molecule has 1 saturated carbocycles. The third-order valence-electron chi connectivity index (χ3n) is 4.05. The molecule has 1 aromatic rings. The first-order valence-electron chi connectivity index (χ1n) is 7.44. The first-order chi connectivity index (χ1) is 9.26. The summed E-state index contributed by atoms with van der Waals surface area (Å²) in [4.78, 5) is 6.25. The van der Waals surface area contributed by atoms with Gasteiger partial charge in [0.1, 0.15) is 5.01 Å². The zero-order valence-electron chi connectivity index (χ0n) is 12.4. The monoisotopic (exact) mass is 282 g/mol. The number of rotatable bonds is 7. The van der Waals surface area contributed by atoms with Crippen molar-refractivity contribution in [2.45, 2.75) is 52.0 Å². The Hall–Kier alpha value is -0.450. The van der Waals surface area contributed by atoms with E-state index < -0.39 is 0 Å². The van der Waals surface area contributed by atoms with Crippen molar-refractivity contribution < 1.29 is 4.74 Å². The second-order valence-electron chi connectivity index (χ2n) is 5.38. The number of aromatic nitrogens is 1. The molecule has 1 atom stereocenters. The van der Waals surface area contributed by atoms with Gasteiger partial charge in [0.25, 0.3) is 0 Å². The average Bonchev–Trinajstić information content (AvgIpc) is 3.04. The van der Waals surface area contributed by atoms with Gasteiger partial charge in [-0.25, -0.2) is 4.98 Å². The summed E-state index contributed by atoms with van der Waals surface area (Å²) in [6.07, 6.45) is 6.46. The fourth-order valence-electron chi connectivity index (χ4n) is 2.97. The van der Waals surface area contributed by atoms with Crippen LogP contribution in [0.15, 0.2) is 0 Å². The van der Waals surface area contributed by atoms with E-state index in [0.717, 1.165) is 25.5 Å². The summed E-state index contributed by atoms with van der Waals surface area (Å²) in [5.41, 5.74) is 1.27. The summed E-state index contributed by atoms with van der Waals surface area (Å²) in [6, 6.07) is 0.432. The average molecular weight is 282 g/mol. The van der Waals surface area contributed by atoms with E-state index in [1.807, 2.05) is 11.3 Å². The Morgan fingerprint density at radius 2 is 2.16 bits per heavy atom. The Bertz CT molecular complexity index is 385. The van der Waals surface area contributed by atoms with Gasteiger partial charge in [-0.15, -0.1) is 11.3 Å². The Balaban J connectivity index is 2.10. The summed E-state index contributed by atoms with van der Waals surface area (Å²) >= 11 is 1.88. The Morgan fingerprint density at radius 3 is 2.74 bits per heavy atom. The topological polar surface area (TPSA) is 34.2 Å². The smallest absolute Gasteiger partial charge is 0.110 e. The number of nitrogens with zero attached hydrogens (tertiary/aromatic N) is 1. The molecule has 0 amide bonds. The van der Waals surface area contributed by atoms with Gasteiger partial charge in [-0.3, -0.25) is 0 Å². The van der Waals surface area contributed by atoms with Gasteiger partial charge < -0.3 is 10.1 Å². The van der Waals surface area contributed by atoms with Crippen LogP contribution in [0.4, 0.5) is 0 Å². The lowest BCUT2D eigenvalue weighted by Gasteiger charge is -2.22. The highest BCUT2D eigenvalue weighted by Crippen LogP contribution is 2.37. The van der Waals surface area contributed by atoms with Crippen LogP contribution in [0, 0.1) is 12.8 Å². The molecular formula is C15H26N2OS. The van der Waals surface area contributed by atoms with Crippen molar-refractivity contribution in [2.24, 2.45) is 5.92 Å². The Morgan fingerprint density at radius 1 is 1.42 bits per heavy atom. The van der Waals surface area contributed by atoms with E-state index >= 15 is 0 Å². The van der Waals surface area contributed by atoms with Gasteiger partial charge in [0.15, 0.2) is 0 Å². The number of nitrogens with one attached hydrogen (secondary N) is 1. The van der Waals surface area contributed by atoms with Gasteiger partial charge in [-0.05, 0) is 32.1 Å². The van der Waals surface area contributed by atoms with Crippen LogP contribution < -0.4 is 5.32 Å². The van der Waals surface area contributed by atoms with Crippen molar-refractivity contribution in [3.8, 4) is 0 Å². The van der Waals surface area contributed by atoms with E-state index in [1.165, 1.54) is 41.3 Å². The maximum absolute atomic E-state index is 5.16. The van der Waals surface area contributed by atoms with E-state index in [4.69, 9.17) is 9.72 Å². The van der Waals surface area contributed by atoms with E-state index in [0.29, 0.717) is 6.04 Å². The highest BCUT2D eigenvalue weighted by atomic mass is 32.1. The maximum atomic E-state index is 5.16. The molecule has 0 saturated heterocycles. The van der Waals surface area contributed by atoms with E-state index in [1.54, 1.807) is 7.11 Å². The van der Waals surface area contributed by atoms with Crippen LogP contribution in [0.5, 0.6) is 0 Å². The molecule has 1 fully saturated rings. The van der Waals surface area contributed by atoms with Gasteiger partial charge in [0.2, 0.25) is 0 Å². The first-order valence-corrected chi connectivity index (χ1v) is 8.26. The zero-order valence-corrected chi connectivity index (χ0v) is 13.2. The maximum Gasteiger partial charge on any atom is 0.110 e. The summed E-state index contributed by atoms with van der Waals surface area (Å²) in [6.45, 7) is 6.07. The van der Waals surface area contributed by atoms with Crippen LogP contribution in [0.3, 0.4) is 0 Å². The van der Waals surface area contributed by atoms with Crippen molar-refractivity contribution in [3.05, 3.63) is 15.6 Å². The normalized spacial score (nSPS) is 18.1. The molecule has 1 aliphatic carbocycles. The second-order valence-corrected chi connectivity index (χ2v) is 6.61. The fourth-order valence-corrected chi connectivity index (χ4v) is 4.15. The number of hydrogen-bond donors (Lipinski definition) is 1. The van der Waals surface area contributed by atoms with Crippen LogP contribution >= 0.6 is 11.3 Å². The quantitative estimate of drug-likeness (QED) is 0.777. The second kappa shape index (κ2) is 7.36. The van der Waals surface area contributed by atoms with Crippen molar-refractivity contribution in [2.75, 3.05) is 20.3 Å². The molecule has 108 valence electrons. The standard InChI is InChI=1S/C15H26N2OS/c1-4-13-11(2)19-15(17-13)14(16-9-10-18-3)12-7-5-6-8-12/h12,14,16H,4-10H2,1-3H3. The van der Waals surface area contributed by atoms with Gasteiger partial charge in [0.05, 0.1) is 18.3 Å². The number of hydrogen-bond acceptors (Lipinski definition) is 4. The van der Waals surface area contributed by atoms with Gasteiger partial charge in [-0.1, -0.05) is 19.8 Å². The molecular weight excluding hydrogens is 256 g/mol. The van der Waals surface area contributed by atoms with Crippen LogP contribution in [0.2, 0.25) is 0 Å². The Kier molecular flexibility index (Phi) is 5.79. The van der Waals surface area contributed by atoms with Crippen LogP contribution in [-0.2, 0) is 11.2 Å². The molecule has 1 aromatic heterocycles. The largest absolute Gasteiger partial charge is 0.383 e. The molecule has 0 spiro atoms. The summed E-state index contributed by atoms with van der Waals surface area (Å²) in [5.74, 6) is 0.757. The number of aryl methyl sites for hydroxylation is 2. The van der Waals surface area contributed by atoms with E-state index in [2.05, 4.69) is 19.2 Å². The van der Waals surface area contributed by atoms with Crippen molar-refractivity contribution in [1.29, 1.82) is 0 Å². The Labute approximate surface area is 120 Å². The highest BCUT2D eigenvalue weighted by molar-refractivity contribution is 7.11. The molecule has 1 N–H and O–H groups in total. The lowest BCUT2D eigenvalue weighted by molar-refractivity contribution is 0.190. The minimum atomic E-state index is 0.432. The van der Waals surface area contributed by atoms with E-state index in [-0.39, 0.29) is 0 Å². The molecule has 19 heavy (non-hydrogen) atoms. The molecule has 0 radical (unpaired) electrons. The van der Waals surface area contributed by atoms with Crippen LogP contribution in [0.25, 0.3) is 0 Å². The lowest BCUT2D eigenvalue weighted by Crippen LogP contribution is -2.29. The molecule has 3 nitrogen and oxygen atoms in total. The van der Waals surface area contributed by atoms with Gasteiger partial charge in [0, 0.05) is 18.5 Å². The summed E-state index contributed by atoms with van der Waals surface area (Å²) < 4.78 is 5.16. The predicted molar refractivity (Wildman–Crippen MR) is 80.8 cm³/mol.